The Morgan fingerprint density at radius 1 is 1.17 bits per heavy atom. The standard InChI is InChI=1S/C17H26N2O5/c20-9-12-5-4-11(23-12)8-18-14-13-10-22-17(24-13)15(16(14)21)19-6-2-1-3-7-19/h4-5,13-18,20-21H,1-3,6-10H2. The van der Waals surface area contributed by atoms with Gasteiger partial charge in [0.25, 0.3) is 0 Å². The van der Waals surface area contributed by atoms with E-state index >= 15 is 0 Å². The monoisotopic (exact) mass is 338 g/mol. The third-order valence-electron chi connectivity index (χ3n) is 5.33. The molecule has 7 nitrogen and oxygen atoms in total. The van der Waals surface area contributed by atoms with Gasteiger partial charge in [0.2, 0.25) is 0 Å². The van der Waals surface area contributed by atoms with Crippen LogP contribution in [0, 0.1) is 0 Å². The molecule has 3 saturated heterocycles. The zero-order valence-corrected chi connectivity index (χ0v) is 13.8. The molecule has 4 rings (SSSR count). The molecule has 0 amide bonds. The second-order valence-corrected chi connectivity index (χ2v) is 6.89. The Balaban J connectivity index is 1.43. The van der Waals surface area contributed by atoms with Crippen molar-refractivity contribution >= 4 is 0 Å². The Morgan fingerprint density at radius 2 is 1.96 bits per heavy atom. The molecule has 7 heteroatoms. The number of fused-ring (bicyclic) bond motifs is 2. The predicted octanol–water partition coefficient (Wildman–Crippen LogP) is 0.201. The van der Waals surface area contributed by atoms with Crippen molar-refractivity contribution in [3.63, 3.8) is 0 Å². The van der Waals surface area contributed by atoms with Crippen LogP contribution < -0.4 is 5.32 Å². The summed E-state index contributed by atoms with van der Waals surface area (Å²) in [6.45, 7) is 2.86. The molecule has 1 aromatic heterocycles. The first-order chi connectivity index (χ1) is 11.8. The van der Waals surface area contributed by atoms with Crippen molar-refractivity contribution in [2.45, 2.75) is 63.0 Å². The van der Waals surface area contributed by atoms with Gasteiger partial charge in [-0.3, -0.25) is 4.90 Å². The summed E-state index contributed by atoms with van der Waals surface area (Å²) >= 11 is 0. The van der Waals surface area contributed by atoms with Crippen LogP contribution in [0.15, 0.2) is 16.5 Å². The lowest BCUT2D eigenvalue weighted by molar-refractivity contribution is -0.184. The second-order valence-electron chi connectivity index (χ2n) is 6.89. The molecule has 0 radical (unpaired) electrons. The highest BCUT2D eigenvalue weighted by atomic mass is 16.7. The van der Waals surface area contributed by atoms with Gasteiger partial charge in [-0.2, -0.15) is 0 Å². The number of piperidine rings is 1. The van der Waals surface area contributed by atoms with Crippen LogP contribution in [0.1, 0.15) is 30.8 Å². The zero-order chi connectivity index (χ0) is 16.5. The summed E-state index contributed by atoms with van der Waals surface area (Å²) in [7, 11) is 0. The summed E-state index contributed by atoms with van der Waals surface area (Å²) in [5.74, 6) is 1.28. The lowest BCUT2D eigenvalue weighted by Gasteiger charge is -2.45. The van der Waals surface area contributed by atoms with Gasteiger partial charge in [0.1, 0.15) is 24.2 Å². The third-order valence-corrected chi connectivity index (χ3v) is 5.33. The van der Waals surface area contributed by atoms with Crippen LogP contribution in [0.4, 0.5) is 0 Å². The maximum absolute atomic E-state index is 11.0. The number of nitrogens with one attached hydrogen (secondary N) is 1. The van der Waals surface area contributed by atoms with Gasteiger partial charge in [-0.15, -0.1) is 0 Å². The summed E-state index contributed by atoms with van der Waals surface area (Å²) in [4.78, 5) is 2.31. The van der Waals surface area contributed by atoms with Crippen molar-refractivity contribution < 1.29 is 24.1 Å². The van der Waals surface area contributed by atoms with Gasteiger partial charge < -0.3 is 29.4 Å². The number of ether oxygens (including phenoxy) is 2. The lowest BCUT2D eigenvalue weighted by Crippen LogP contribution is -2.64. The van der Waals surface area contributed by atoms with Crippen LogP contribution in [0.3, 0.4) is 0 Å². The topological polar surface area (TPSA) is 87.3 Å². The molecule has 3 fully saturated rings. The minimum atomic E-state index is -0.540. The maximum atomic E-state index is 11.0. The Hall–Kier alpha value is -0.960. The van der Waals surface area contributed by atoms with Gasteiger partial charge in [-0.05, 0) is 38.1 Å². The van der Waals surface area contributed by atoms with E-state index in [0.717, 1.165) is 31.7 Å². The highest BCUT2D eigenvalue weighted by molar-refractivity contribution is 5.08. The van der Waals surface area contributed by atoms with E-state index in [4.69, 9.17) is 19.0 Å². The number of hydrogen-bond donors (Lipinski definition) is 3. The second kappa shape index (κ2) is 7.11. The number of aliphatic hydroxyl groups is 2. The van der Waals surface area contributed by atoms with Crippen molar-refractivity contribution in [2.75, 3.05) is 19.7 Å². The van der Waals surface area contributed by atoms with Gasteiger partial charge in [0, 0.05) is 0 Å². The SMILES string of the molecule is OCc1ccc(CNC2C3COC(O3)C(N3CCCCC3)C2O)o1. The molecule has 5 unspecified atom stereocenters. The van der Waals surface area contributed by atoms with Crippen molar-refractivity contribution in [3.05, 3.63) is 23.7 Å². The van der Waals surface area contributed by atoms with Gasteiger partial charge in [-0.1, -0.05) is 6.42 Å². The zero-order valence-electron chi connectivity index (χ0n) is 13.8. The van der Waals surface area contributed by atoms with E-state index < -0.39 is 6.10 Å². The van der Waals surface area contributed by atoms with E-state index in [0.29, 0.717) is 18.9 Å². The molecule has 5 atom stereocenters. The Kier molecular flexibility index (Phi) is 4.89. The molecule has 0 aliphatic carbocycles. The molecule has 3 aliphatic rings. The summed E-state index contributed by atoms with van der Waals surface area (Å²) in [5, 5.41) is 23.4. The number of hydrogen-bond acceptors (Lipinski definition) is 7. The molecule has 3 N–H and O–H groups in total. The molecule has 2 bridgehead atoms. The number of nitrogens with zero attached hydrogens (tertiary/aromatic N) is 1. The first-order valence-corrected chi connectivity index (χ1v) is 8.87. The van der Waals surface area contributed by atoms with Gasteiger partial charge in [-0.25, -0.2) is 0 Å². The highest BCUT2D eigenvalue weighted by Crippen LogP contribution is 2.32. The predicted molar refractivity (Wildman–Crippen MR) is 85.1 cm³/mol. The van der Waals surface area contributed by atoms with Crippen molar-refractivity contribution in [2.24, 2.45) is 0 Å². The smallest absolute Gasteiger partial charge is 0.176 e. The number of rotatable bonds is 5. The summed E-state index contributed by atoms with van der Waals surface area (Å²) in [5.41, 5.74) is 0. The van der Waals surface area contributed by atoms with Crippen LogP contribution in [0.5, 0.6) is 0 Å². The van der Waals surface area contributed by atoms with Crippen LogP contribution in [-0.4, -0.2) is 65.4 Å². The minimum Gasteiger partial charge on any atom is -0.462 e. The molecule has 3 aliphatic heterocycles. The largest absolute Gasteiger partial charge is 0.462 e. The molecule has 134 valence electrons. The first-order valence-electron chi connectivity index (χ1n) is 8.87. The van der Waals surface area contributed by atoms with Gasteiger partial charge in [0.05, 0.1) is 31.3 Å². The summed E-state index contributed by atoms with van der Waals surface area (Å²) in [6, 6.07) is 3.28. The Bertz CT molecular complexity index is 545. The lowest BCUT2D eigenvalue weighted by atomic mass is 9.93. The van der Waals surface area contributed by atoms with Crippen LogP contribution in [-0.2, 0) is 22.6 Å². The molecule has 0 aromatic carbocycles. The van der Waals surface area contributed by atoms with Crippen LogP contribution >= 0.6 is 0 Å². The van der Waals surface area contributed by atoms with Gasteiger partial charge >= 0.3 is 0 Å². The average molecular weight is 338 g/mol. The summed E-state index contributed by atoms with van der Waals surface area (Å²) in [6.07, 6.45) is 2.56. The van der Waals surface area contributed by atoms with E-state index in [1.807, 2.05) is 6.07 Å². The third kappa shape index (κ3) is 3.12. The number of likely N-dealkylation sites (tertiary alicyclic amines) is 1. The van der Waals surface area contributed by atoms with E-state index in [2.05, 4.69) is 10.2 Å². The molecule has 0 spiro atoms. The molecule has 24 heavy (non-hydrogen) atoms. The quantitative estimate of drug-likeness (QED) is 0.707. The van der Waals surface area contributed by atoms with Crippen LogP contribution in [0.2, 0.25) is 0 Å². The van der Waals surface area contributed by atoms with E-state index in [-0.39, 0.29) is 31.1 Å². The molecule has 4 heterocycles. The number of aliphatic hydroxyl groups excluding tert-OH is 2. The number of furan rings is 1. The van der Waals surface area contributed by atoms with Crippen LogP contribution in [0.25, 0.3) is 0 Å². The molecular formula is C17H26N2O5. The molecule has 0 saturated carbocycles. The first kappa shape index (κ1) is 16.5. The molecule has 1 aromatic rings. The summed E-state index contributed by atoms with van der Waals surface area (Å²) < 4.78 is 17.3. The van der Waals surface area contributed by atoms with Crippen molar-refractivity contribution in [3.8, 4) is 0 Å². The molecular weight excluding hydrogens is 312 g/mol. The average Bonchev–Trinajstić information content (AvgIpc) is 3.24. The minimum absolute atomic E-state index is 0.107. The van der Waals surface area contributed by atoms with Crippen molar-refractivity contribution in [1.29, 1.82) is 0 Å². The van der Waals surface area contributed by atoms with E-state index in [9.17, 15) is 5.11 Å². The Labute approximate surface area is 141 Å². The maximum Gasteiger partial charge on any atom is 0.176 e. The van der Waals surface area contributed by atoms with Crippen molar-refractivity contribution in [1.82, 2.24) is 10.2 Å². The van der Waals surface area contributed by atoms with E-state index in [1.165, 1.54) is 6.42 Å². The fourth-order valence-electron chi connectivity index (χ4n) is 4.08. The fourth-order valence-corrected chi connectivity index (χ4v) is 4.08. The van der Waals surface area contributed by atoms with E-state index in [1.54, 1.807) is 6.07 Å². The highest BCUT2D eigenvalue weighted by Gasteiger charge is 2.51. The normalized spacial score (nSPS) is 37.0. The van der Waals surface area contributed by atoms with Gasteiger partial charge in [0.15, 0.2) is 6.29 Å². The fraction of sp³-hybridized carbons (Fsp3) is 0.765. The Morgan fingerprint density at radius 3 is 2.71 bits per heavy atom.